The van der Waals surface area contributed by atoms with Crippen molar-refractivity contribution in [2.75, 3.05) is 5.32 Å². The van der Waals surface area contributed by atoms with Gasteiger partial charge in [0.1, 0.15) is 5.75 Å². The van der Waals surface area contributed by atoms with Crippen LogP contribution < -0.4 is 5.32 Å². The van der Waals surface area contributed by atoms with E-state index in [4.69, 9.17) is 26.0 Å². The Morgan fingerprint density at radius 1 is 1.21 bits per heavy atom. The minimum Gasteiger partial charge on any atom is -0.508 e. The van der Waals surface area contributed by atoms with Crippen LogP contribution in [0.5, 0.6) is 5.75 Å². The average molecular weight is 405 g/mol. The molecule has 1 aromatic heterocycles. The van der Waals surface area contributed by atoms with E-state index >= 15 is 0 Å². The number of rotatable bonds is 5. The normalized spacial score (nSPS) is 11.1. The molecular formula is C19H17ClN2O6. The third kappa shape index (κ3) is 4.80. The topological polar surface area (TPSA) is 133 Å². The molecule has 0 saturated heterocycles. The van der Waals surface area contributed by atoms with E-state index in [1.165, 1.54) is 0 Å². The average Bonchev–Trinajstić information content (AvgIpc) is 3.07. The number of aromatic hydroxyl groups is 1. The van der Waals surface area contributed by atoms with E-state index in [2.05, 4.69) is 10.5 Å². The van der Waals surface area contributed by atoms with Crippen LogP contribution in [0.2, 0.25) is 5.02 Å². The van der Waals surface area contributed by atoms with Gasteiger partial charge in [-0.25, -0.2) is 4.79 Å². The lowest BCUT2D eigenvalue weighted by Crippen LogP contribution is -2.10. The van der Waals surface area contributed by atoms with E-state index < -0.39 is 5.97 Å². The Labute approximate surface area is 165 Å². The number of aromatic carboxylic acids is 1. The second-order valence-corrected chi connectivity index (χ2v) is 6.01. The number of halogens is 1. The Balaban J connectivity index is 0.000000878. The Morgan fingerprint density at radius 3 is 2.39 bits per heavy atom. The lowest BCUT2D eigenvalue weighted by atomic mass is 10.1. The van der Waals surface area contributed by atoms with E-state index in [0.29, 0.717) is 16.1 Å². The Hall–Kier alpha value is -3.52. The predicted octanol–water partition coefficient (Wildman–Crippen LogP) is 4.27. The van der Waals surface area contributed by atoms with Crippen LogP contribution in [0.3, 0.4) is 0 Å². The molecule has 0 bridgehead atoms. The van der Waals surface area contributed by atoms with Crippen LogP contribution in [0.4, 0.5) is 5.82 Å². The number of phenolic OH excluding ortho intramolecular Hbond substituents is 1. The quantitative estimate of drug-likeness (QED) is 0.463. The lowest BCUT2D eigenvalue weighted by molar-refractivity contribution is -0.122. The van der Waals surface area contributed by atoms with Crippen molar-refractivity contribution in [1.29, 1.82) is 0 Å². The highest BCUT2D eigenvalue weighted by Gasteiger charge is 2.25. The van der Waals surface area contributed by atoms with Crippen LogP contribution in [-0.4, -0.2) is 32.9 Å². The zero-order valence-electron chi connectivity index (χ0n) is 14.7. The van der Waals surface area contributed by atoms with E-state index in [-0.39, 0.29) is 35.4 Å². The molecular weight excluding hydrogens is 388 g/mol. The molecule has 1 heterocycles. The number of anilines is 1. The van der Waals surface area contributed by atoms with Crippen molar-refractivity contribution in [3.8, 4) is 17.1 Å². The summed E-state index contributed by atoms with van der Waals surface area (Å²) < 4.78 is 5.25. The number of hydrogen-bond donors (Lipinski definition) is 4. The van der Waals surface area contributed by atoms with Gasteiger partial charge in [-0.2, -0.15) is 0 Å². The maximum atomic E-state index is 11.7. The second kappa shape index (κ2) is 9.43. The van der Waals surface area contributed by atoms with Gasteiger partial charge in [-0.05, 0) is 37.3 Å². The van der Waals surface area contributed by atoms with E-state index in [9.17, 15) is 15.0 Å². The molecule has 1 atom stereocenters. The molecule has 0 aliphatic heterocycles. The summed E-state index contributed by atoms with van der Waals surface area (Å²) in [4.78, 5) is 20.1. The number of benzene rings is 2. The largest absolute Gasteiger partial charge is 0.508 e. The zero-order chi connectivity index (χ0) is 20.7. The van der Waals surface area contributed by atoms with Gasteiger partial charge >= 0.3 is 5.97 Å². The van der Waals surface area contributed by atoms with Crippen molar-refractivity contribution in [1.82, 2.24) is 5.16 Å². The standard InChI is InChI=1S/C18H15ClN2O4.CH2O2/c1-10(13-4-2-3-5-14(13)22)20-17-15(18(23)24)16(25-21-17)11-6-8-12(19)9-7-11;2-1-3/h2-10,22H,1H3,(H,20,21)(H,23,24);1H,(H,2,3). The number of para-hydroxylation sites is 1. The number of nitrogens with one attached hydrogen (secondary N) is 1. The molecule has 0 fully saturated rings. The molecule has 0 saturated carbocycles. The number of carboxylic acid groups (broad SMARTS) is 2. The molecule has 2 aromatic carbocycles. The molecule has 28 heavy (non-hydrogen) atoms. The molecule has 0 amide bonds. The number of carboxylic acids is 1. The molecule has 0 aliphatic carbocycles. The summed E-state index contributed by atoms with van der Waals surface area (Å²) in [7, 11) is 0. The van der Waals surface area contributed by atoms with Gasteiger partial charge in [0.15, 0.2) is 17.1 Å². The Kier molecular flexibility index (Phi) is 7.00. The minimum absolute atomic E-state index is 0.0791. The van der Waals surface area contributed by atoms with Crippen LogP contribution in [0.25, 0.3) is 11.3 Å². The number of carbonyl (C=O) groups is 2. The highest BCUT2D eigenvalue weighted by Crippen LogP contribution is 2.33. The van der Waals surface area contributed by atoms with E-state index in [1.807, 2.05) is 0 Å². The Morgan fingerprint density at radius 2 is 1.82 bits per heavy atom. The van der Waals surface area contributed by atoms with E-state index in [0.717, 1.165) is 0 Å². The fourth-order valence-corrected chi connectivity index (χ4v) is 2.65. The molecule has 0 radical (unpaired) electrons. The van der Waals surface area contributed by atoms with Gasteiger partial charge in [-0.1, -0.05) is 35.0 Å². The SMILES string of the molecule is CC(Nc1noc(-c2ccc(Cl)cc2)c1C(=O)O)c1ccccc1O.O=CO. The summed E-state index contributed by atoms with van der Waals surface area (Å²) in [6.07, 6.45) is 0. The number of hydrogen-bond acceptors (Lipinski definition) is 6. The van der Waals surface area contributed by atoms with Gasteiger partial charge < -0.3 is 25.2 Å². The predicted molar refractivity (Wildman–Crippen MR) is 103 cm³/mol. The van der Waals surface area contributed by atoms with Crippen LogP contribution >= 0.6 is 11.6 Å². The van der Waals surface area contributed by atoms with Gasteiger partial charge in [-0.3, -0.25) is 4.79 Å². The van der Waals surface area contributed by atoms with Gasteiger partial charge in [0, 0.05) is 16.1 Å². The van der Waals surface area contributed by atoms with Gasteiger partial charge in [0.25, 0.3) is 6.47 Å². The van der Waals surface area contributed by atoms with Crippen LogP contribution in [-0.2, 0) is 4.79 Å². The number of nitrogens with zero attached hydrogens (tertiary/aromatic N) is 1. The van der Waals surface area contributed by atoms with Crippen molar-refractivity contribution in [2.45, 2.75) is 13.0 Å². The molecule has 146 valence electrons. The summed E-state index contributed by atoms with van der Waals surface area (Å²) >= 11 is 5.86. The van der Waals surface area contributed by atoms with Crippen LogP contribution in [0.15, 0.2) is 53.1 Å². The smallest absolute Gasteiger partial charge is 0.343 e. The van der Waals surface area contributed by atoms with Crippen molar-refractivity contribution < 1.29 is 29.4 Å². The van der Waals surface area contributed by atoms with Crippen molar-refractivity contribution in [3.63, 3.8) is 0 Å². The van der Waals surface area contributed by atoms with Crippen molar-refractivity contribution in [3.05, 3.63) is 64.7 Å². The minimum atomic E-state index is -1.17. The van der Waals surface area contributed by atoms with Gasteiger partial charge in [-0.15, -0.1) is 0 Å². The first-order valence-electron chi connectivity index (χ1n) is 8.00. The third-order valence-corrected chi connectivity index (χ3v) is 4.02. The first-order valence-corrected chi connectivity index (χ1v) is 8.38. The highest BCUT2D eigenvalue weighted by atomic mass is 35.5. The molecule has 0 spiro atoms. The van der Waals surface area contributed by atoms with E-state index in [1.54, 1.807) is 55.5 Å². The van der Waals surface area contributed by atoms with Crippen molar-refractivity contribution in [2.24, 2.45) is 0 Å². The second-order valence-electron chi connectivity index (χ2n) is 5.58. The number of aromatic nitrogens is 1. The fourth-order valence-electron chi connectivity index (χ4n) is 2.52. The first kappa shape index (κ1) is 20.8. The molecule has 8 nitrogen and oxygen atoms in total. The first-order chi connectivity index (χ1) is 13.4. The van der Waals surface area contributed by atoms with Crippen molar-refractivity contribution >= 4 is 29.9 Å². The fraction of sp³-hybridized carbons (Fsp3) is 0.105. The van der Waals surface area contributed by atoms with Crippen LogP contribution in [0.1, 0.15) is 28.9 Å². The summed E-state index contributed by atoms with van der Waals surface area (Å²) in [5.41, 5.74) is 1.09. The summed E-state index contributed by atoms with van der Waals surface area (Å²) in [5, 5.41) is 33.8. The monoisotopic (exact) mass is 404 g/mol. The molecule has 0 aliphatic rings. The Bertz CT molecular complexity index is 955. The molecule has 9 heteroatoms. The van der Waals surface area contributed by atoms with Gasteiger partial charge in [0.2, 0.25) is 0 Å². The maximum Gasteiger partial charge on any atom is 0.343 e. The maximum absolute atomic E-state index is 11.7. The molecule has 3 rings (SSSR count). The molecule has 4 N–H and O–H groups in total. The summed E-state index contributed by atoms with van der Waals surface area (Å²) in [6.45, 7) is 1.54. The van der Waals surface area contributed by atoms with Crippen LogP contribution in [0, 0.1) is 0 Å². The number of phenols is 1. The molecule has 3 aromatic rings. The third-order valence-electron chi connectivity index (χ3n) is 3.77. The summed E-state index contributed by atoms with van der Waals surface area (Å²) in [6, 6.07) is 13.0. The van der Waals surface area contributed by atoms with Gasteiger partial charge in [0.05, 0.1) is 6.04 Å². The highest BCUT2D eigenvalue weighted by molar-refractivity contribution is 6.30. The molecule has 1 unspecified atom stereocenters. The zero-order valence-corrected chi connectivity index (χ0v) is 15.4. The lowest BCUT2D eigenvalue weighted by Gasteiger charge is -2.15. The summed E-state index contributed by atoms with van der Waals surface area (Å²) in [5.74, 6) is -0.830.